The summed E-state index contributed by atoms with van der Waals surface area (Å²) in [7, 11) is 0. The Morgan fingerprint density at radius 1 is 1.44 bits per heavy atom. The molecule has 1 aliphatic heterocycles. The monoisotopic (exact) mass is 333 g/mol. The van der Waals surface area contributed by atoms with Crippen LogP contribution in [0.3, 0.4) is 0 Å². The number of piperidine rings is 1. The van der Waals surface area contributed by atoms with Gasteiger partial charge in [-0.05, 0) is 49.9 Å². The standard InChI is InChI=1S/C14H18BrClFN/c15-13-3-4-14(17)12(8-13)10-18-7-1-2-11(9-18)5-6-16/h3-4,8,11H,1-2,5-7,9-10H2. The molecule has 0 spiro atoms. The average Bonchev–Trinajstić information content (AvgIpc) is 2.35. The summed E-state index contributed by atoms with van der Waals surface area (Å²) in [6, 6.07) is 5.14. The Hall–Kier alpha value is -0.120. The molecule has 1 atom stereocenters. The van der Waals surface area contributed by atoms with Crippen LogP contribution in [0.25, 0.3) is 0 Å². The van der Waals surface area contributed by atoms with Crippen LogP contribution in [0.5, 0.6) is 0 Å². The number of likely N-dealkylation sites (tertiary alicyclic amines) is 1. The zero-order valence-corrected chi connectivity index (χ0v) is 12.7. The van der Waals surface area contributed by atoms with Gasteiger partial charge in [-0.15, -0.1) is 11.6 Å². The number of benzene rings is 1. The van der Waals surface area contributed by atoms with Gasteiger partial charge in [0.1, 0.15) is 5.82 Å². The first-order chi connectivity index (χ1) is 8.69. The molecule has 1 fully saturated rings. The lowest BCUT2D eigenvalue weighted by Gasteiger charge is -2.32. The van der Waals surface area contributed by atoms with Gasteiger partial charge in [-0.2, -0.15) is 0 Å². The molecule has 1 aromatic carbocycles. The van der Waals surface area contributed by atoms with Crippen molar-refractivity contribution in [3.05, 3.63) is 34.1 Å². The molecule has 1 saturated heterocycles. The van der Waals surface area contributed by atoms with Gasteiger partial charge >= 0.3 is 0 Å². The Labute approximate surface area is 121 Å². The molecule has 0 saturated carbocycles. The van der Waals surface area contributed by atoms with Crippen LogP contribution in [-0.4, -0.2) is 23.9 Å². The number of halogens is 3. The normalized spacial score (nSPS) is 21.2. The van der Waals surface area contributed by atoms with Gasteiger partial charge in [-0.3, -0.25) is 4.90 Å². The number of hydrogen-bond acceptors (Lipinski definition) is 1. The van der Waals surface area contributed by atoms with Gasteiger partial charge in [0, 0.05) is 29.0 Å². The Kier molecular flexibility index (Phi) is 5.46. The van der Waals surface area contributed by atoms with Crippen molar-refractivity contribution in [2.24, 2.45) is 5.92 Å². The van der Waals surface area contributed by atoms with Crippen LogP contribution < -0.4 is 0 Å². The lowest BCUT2D eigenvalue weighted by molar-refractivity contribution is 0.163. The molecule has 1 nitrogen and oxygen atoms in total. The Balaban J connectivity index is 1.98. The van der Waals surface area contributed by atoms with E-state index in [1.165, 1.54) is 18.9 Å². The van der Waals surface area contributed by atoms with Gasteiger partial charge in [-0.25, -0.2) is 4.39 Å². The molecule has 0 amide bonds. The van der Waals surface area contributed by atoms with Crippen LogP contribution in [0, 0.1) is 11.7 Å². The topological polar surface area (TPSA) is 3.24 Å². The fourth-order valence-electron chi connectivity index (χ4n) is 2.59. The van der Waals surface area contributed by atoms with Crippen LogP contribution >= 0.6 is 27.5 Å². The quantitative estimate of drug-likeness (QED) is 0.736. The molecule has 1 aliphatic rings. The third kappa shape index (κ3) is 3.94. The second-order valence-corrected chi connectivity index (χ2v) is 6.25. The first kappa shape index (κ1) is 14.3. The molecule has 1 unspecified atom stereocenters. The summed E-state index contributed by atoms with van der Waals surface area (Å²) in [5.41, 5.74) is 0.774. The molecule has 0 radical (unpaired) electrons. The van der Waals surface area contributed by atoms with Gasteiger partial charge < -0.3 is 0 Å². The summed E-state index contributed by atoms with van der Waals surface area (Å²) in [5.74, 6) is 1.29. The minimum atomic E-state index is -0.113. The van der Waals surface area contributed by atoms with Crippen LogP contribution in [0.1, 0.15) is 24.8 Å². The molecule has 1 heterocycles. The van der Waals surface area contributed by atoms with Gasteiger partial charge in [-0.1, -0.05) is 15.9 Å². The van der Waals surface area contributed by atoms with Crippen molar-refractivity contribution in [1.82, 2.24) is 4.90 Å². The van der Waals surface area contributed by atoms with E-state index in [2.05, 4.69) is 20.8 Å². The predicted octanol–water partition coefficient (Wildman–Crippen LogP) is 4.43. The lowest BCUT2D eigenvalue weighted by atomic mass is 9.95. The zero-order valence-electron chi connectivity index (χ0n) is 10.3. The third-order valence-corrected chi connectivity index (χ3v) is 4.23. The first-order valence-electron chi connectivity index (χ1n) is 6.41. The van der Waals surface area contributed by atoms with Crippen LogP contribution in [0.2, 0.25) is 0 Å². The summed E-state index contributed by atoms with van der Waals surface area (Å²) in [4.78, 5) is 2.34. The molecular formula is C14H18BrClFN. The zero-order chi connectivity index (χ0) is 13.0. The number of rotatable bonds is 4. The number of nitrogens with zero attached hydrogens (tertiary/aromatic N) is 1. The highest BCUT2D eigenvalue weighted by atomic mass is 79.9. The maximum Gasteiger partial charge on any atom is 0.127 e. The molecule has 0 bridgehead atoms. The summed E-state index contributed by atoms with van der Waals surface area (Å²) < 4.78 is 14.6. The fourth-order valence-corrected chi connectivity index (χ4v) is 3.31. The highest BCUT2D eigenvalue weighted by Crippen LogP contribution is 2.23. The number of alkyl halides is 1. The summed E-state index contributed by atoms with van der Waals surface area (Å²) in [6.07, 6.45) is 3.51. The van der Waals surface area contributed by atoms with Crippen molar-refractivity contribution >= 4 is 27.5 Å². The SMILES string of the molecule is Fc1ccc(Br)cc1CN1CCCC(CCCl)C1. The van der Waals surface area contributed by atoms with Gasteiger partial charge in [0.15, 0.2) is 0 Å². The van der Waals surface area contributed by atoms with Gasteiger partial charge in [0.05, 0.1) is 0 Å². The Bertz CT molecular complexity index is 397. The van der Waals surface area contributed by atoms with Crippen LogP contribution in [-0.2, 0) is 6.54 Å². The molecular weight excluding hydrogens is 317 g/mol. The van der Waals surface area contributed by atoms with E-state index < -0.39 is 0 Å². The van der Waals surface area contributed by atoms with E-state index in [1.807, 2.05) is 6.07 Å². The second kappa shape index (κ2) is 6.88. The minimum Gasteiger partial charge on any atom is -0.299 e. The molecule has 2 rings (SSSR count). The lowest BCUT2D eigenvalue weighted by Crippen LogP contribution is -2.35. The van der Waals surface area contributed by atoms with E-state index in [9.17, 15) is 4.39 Å². The third-order valence-electron chi connectivity index (χ3n) is 3.52. The van der Waals surface area contributed by atoms with E-state index in [-0.39, 0.29) is 5.82 Å². The van der Waals surface area contributed by atoms with Crippen molar-refractivity contribution < 1.29 is 4.39 Å². The maximum absolute atomic E-state index is 13.7. The molecule has 4 heteroatoms. The highest BCUT2D eigenvalue weighted by molar-refractivity contribution is 9.10. The van der Waals surface area contributed by atoms with Crippen molar-refractivity contribution in [3.63, 3.8) is 0 Å². The van der Waals surface area contributed by atoms with Crippen molar-refractivity contribution in [2.45, 2.75) is 25.8 Å². The van der Waals surface area contributed by atoms with Crippen LogP contribution in [0.4, 0.5) is 4.39 Å². The highest BCUT2D eigenvalue weighted by Gasteiger charge is 2.20. The average molecular weight is 335 g/mol. The summed E-state index contributed by atoms with van der Waals surface area (Å²) in [6.45, 7) is 2.80. The second-order valence-electron chi connectivity index (χ2n) is 4.96. The molecule has 100 valence electrons. The van der Waals surface area contributed by atoms with E-state index in [4.69, 9.17) is 11.6 Å². The fraction of sp³-hybridized carbons (Fsp3) is 0.571. The van der Waals surface area contributed by atoms with E-state index in [0.29, 0.717) is 12.5 Å². The number of hydrogen-bond donors (Lipinski definition) is 0. The molecule has 0 aromatic heterocycles. The molecule has 0 N–H and O–H groups in total. The Morgan fingerprint density at radius 2 is 2.28 bits per heavy atom. The van der Waals surface area contributed by atoms with Crippen molar-refractivity contribution in [3.8, 4) is 0 Å². The smallest absolute Gasteiger partial charge is 0.127 e. The van der Waals surface area contributed by atoms with E-state index in [0.717, 1.165) is 35.4 Å². The summed E-state index contributed by atoms with van der Waals surface area (Å²) in [5, 5.41) is 0. The van der Waals surface area contributed by atoms with Crippen molar-refractivity contribution in [1.29, 1.82) is 0 Å². The molecule has 18 heavy (non-hydrogen) atoms. The Morgan fingerprint density at radius 3 is 3.06 bits per heavy atom. The maximum atomic E-state index is 13.7. The van der Waals surface area contributed by atoms with Gasteiger partial charge in [0.2, 0.25) is 0 Å². The first-order valence-corrected chi connectivity index (χ1v) is 7.74. The molecule has 0 aliphatic carbocycles. The molecule has 1 aromatic rings. The minimum absolute atomic E-state index is 0.113. The van der Waals surface area contributed by atoms with E-state index >= 15 is 0 Å². The summed E-state index contributed by atoms with van der Waals surface area (Å²) >= 11 is 9.20. The van der Waals surface area contributed by atoms with E-state index in [1.54, 1.807) is 6.07 Å². The van der Waals surface area contributed by atoms with Gasteiger partial charge in [0.25, 0.3) is 0 Å². The predicted molar refractivity (Wildman–Crippen MR) is 77.4 cm³/mol. The van der Waals surface area contributed by atoms with Crippen LogP contribution in [0.15, 0.2) is 22.7 Å². The largest absolute Gasteiger partial charge is 0.299 e. The van der Waals surface area contributed by atoms with Crippen molar-refractivity contribution in [2.75, 3.05) is 19.0 Å².